The lowest BCUT2D eigenvalue weighted by atomic mass is 9.96. The van der Waals surface area contributed by atoms with Crippen molar-refractivity contribution in [3.63, 3.8) is 0 Å². The molecule has 1 aliphatic heterocycles. The average Bonchev–Trinajstić information content (AvgIpc) is 2.91. The molecule has 5 rings (SSSR count). The molecule has 0 aliphatic carbocycles. The maximum atomic E-state index is 13.3. The van der Waals surface area contributed by atoms with Gasteiger partial charge in [0.05, 0.1) is 17.1 Å². The number of nitrogens with one attached hydrogen (secondary N) is 1. The number of piperazine rings is 1. The minimum absolute atomic E-state index is 0.0716. The molecular weight excluding hydrogens is 440 g/mol. The number of rotatable bonds is 5. The summed E-state index contributed by atoms with van der Waals surface area (Å²) in [6.07, 6.45) is 0. The molecule has 1 aliphatic rings. The summed E-state index contributed by atoms with van der Waals surface area (Å²) >= 11 is 0. The number of H-pyrrole nitrogens is 1. The van der Waals surface area contributed by atoms with Gasteiger partial charge in [0, 0.05) is 38.3 Å². The molecule has 35 heavy (non-hydrogen) atoms. The van der Waals surface area contributed by atoms with Gasteiger partial charge in [-0.2, -0.15) is 0 Å². The molecular formula is C28H28N4O3. The summed E-state index contributed by atoms with van der Waals surface area (Å²) in [4.78, 5) is 44.4. The van der Waals surface area contributed by atoms with Crippen molar-refractivity contribution in [1.82, 2.24) is 19.4 Å². The van der Waals surface area contributed by atoms with Crippen molar-refractivity contribution in [3.8, 4) is 0 Å². The van der Waals surface area contributed by atoms with Crippen LogP contribution in [0.1, 0.15) is 34.5 Å². The molecule has 1 N–H and O–H groups in total. The molecule has 0 unspecified atom stereocenters. The third kappa shape index (κ3) is 4.42. The normalized spacial score (nSPS) is 14.5. The van der Waals surface area contributed by atoms with Crippen molar-refractivity contribution in [2.45, 2.75) is 19.5 Å². The molecule has 0 spiro atoms. The second-order valence-electron chi connectivity index (χ2n) is 8.79. The Morgan fingerprint density at radius 3 is 2.03 bits per heavy atom. The molecule has 7 nitrogen and oxygen atoms in total. The van der Waals surface area contributed by atoms with Gasteiger partial charge in [-0.15, -0.1) is 0 Å². The van der Waals surface area contributed by atoms with Crippen LogP contribution in [0.15, 0.2) is 88.5 Å². The summed E-state index contributed by atoms with van der Waals surface area (Å²) in [5.74, 6) is -0.0716. The number of benzene rings is 3. The van der Waals surface area contributed by atoms with Gasteiger partial charge in [0.2, 0.25) is 0 Å². The first kappa shape index (κ1) is 22.8. The summed E-state index contributed by atoms with van der Waals surface area (Å²) in [5, 5.41) is 0. The van der Waals surface area contributed by atoms with Crippen LogP contribution >= 0.6 is 0 Å². The van der Waals surface area contributed by atoms with Gasteiger partial charge in [-0.1, -0.05) is 60.7 Å². The molecule has 2 heterocycles. The molecule has 1 fully saturated rings. The molecule has 0 atom stereocenters. The second kappa shape index (κ2) is 9.72. The van der Waals surface area contributed by atoms with Crippen LogP contribution in [0.2, 0.25) is 0 Å². The van der Waals surface area contributed by atoms with Gasteiger partial charge in [-0.05, 0) is 36.2 Å². The molecule has 7 heteroatoms. The van der Waals surface area contributed by atoms with Crippen LogP contribution in [-0.4, -0.2) is 51.4 Å². The minimum atomic E-state index is -0.676. The topological polar surface area (TPSA) is 78.4 Å². The van der Waals surface area contributed by atoms with Gasteiger partial charge in [-0.3, -0.25) is 19.3 Å². The Hall–Kier alpha value is -3.97. The number of nitrogens with zero attached hydrogens (tertiary/aromatic N) is 3. The molecule has 1 aromatic heterocycles. The van der Waals surface area contributed by atoms with Crippen LogP contribution in [0.5, 0.6) is 0 Å². The molecule has 0 saturated carbocycles. The number of amides is 1. The first-order valence-electron chi connectivity index (χ1n) is 12.0. The molecule has 4 aromatic rings. The minimum Gasteiger partial charge on any atom is -0.336 e. The van der Waals surface area contributed by atoms with Crippen molar-refractivity contribution in [2.24, 2.45) is 0 Å². The predicted octanol–water partition coefficient (Wildman–Crippen LogP) is 3.26. The number of aromatic nitrogens is 2. The summed E-state index contributed by atoms with van der Waals surface area (Å²) < 4.78 is 1.43. The standard InChI is InChI=1S/C28H28N4O3/c1-2-32-24-14-13-22(19-23(24)29-26(33)28(32)35)27(34)31-17-15-30(16-18-31)25(20-9-5-3-6-10-20)21-11-7-4-8-12-21/h3-14,19,25H,2,15-18H2,1H3,(H,29,33). The fourth-order valence-corrected chi connectivity index (χ4v) is 4.98. The van der Waals surface area contributed by atoms with Crippen LogP contribution in [-0.2, 0) is 6.54 Å². The summed E-state index contributed by atoms with van der Waals surface area (Å²) in [6, 6.07) is 26.2. The van der Waals surface area contributed by atoms with Gasteiger partial charge in [0.25, 0.3) is 5.91 Å². The second-order valence-corrected chi connectivity index (χ2v) is 8.79. The van der Waals surface area contributed by atoms with Crippen molar-refractivity contribution in [3.05, 3.63) is 116 Å². The lowest BCUT2D eigenvalue weighted by Gasteiger charge is -2.39. The fraction of sp³-hybridized carbons (Fsp3) is 0.250. The first-order valence-corrected chi connectivity index (χ1v) is 12.0. The van der Waals surface area contributed by atoms with E-state index in [9.17, 15) is 14.4 Å². The van der Waals surface area contributed by atoms with E-state index in [0.29, 0.717) is 36.2 Å². The Morgan fingerprint density at radius 2 is 1.46 bits per heavy atom. The van der Waals surface area contributed by atoms with E-state index in [1.165, 1.54) is 15.7 Å². The van der Waals surface area contributed by atoms with E-state index in [4.69, 9.17) is 0 Å². The van der Waals surface area contributed by atoms with E-state index in [0.717, 1.165) is 13.1 Å². The fourth-order valence-electron chi connectivity index (χ4n) is 4.98. The number of fused-ring (bicyclic) bond motifs is 1. The van der Waals surface area contributed by atoms with E-state index in [1.807, 2.05) is 24.0 Å². The van der Waals surface area contributed by atoms with Gasteiger partial charge in [-0.25, -0.2) is 0 Å². The first-order chi connectivity index (χ1) is 17.1. The number of hydrogen-bond donors (Lipinski definition) is 1. The largest absolute Gasteiger partial charge is 0.336 e. The smallest absolute Gasteiger partial charge is 0.316 e. The van der Waals surface area contributed by atoms with Crippen LogP contribution in [0.4, 0.5) is 0 Å². The Balaban J connectivity index is 1.36. The summed E-state index contributed by atoms with van der Waals surface area (Å²) in [7, 11) is 0. The third-order valence-electron chi connectivity index (χ3n) is 6.74. The number of carbonyl (C=O) groups excluding carboxylic acids is 1. The SMILES string of the molecule is CCn1c(=O)c(=O)[nH]c2cc(C(=O)N3CCN(C(c4ccccc4)c4ccccc4)CC3)ccc21. The van der Waals surface area contributed by atoms with Crippen LogP contribution in [0, 0.1) is 0 Å². The van der Waals surface area contributed by atoms with Crippen LogP contribution < -0.4 is 11.1 Å². The quantitative estimate of drug-likeness (QED) is 0.456. The Kier molecular flexibility index (Phi) is 6.33. The maximum absolute atomic E-state index is 13.3. The highest BCUT2D eigenvalue weighted by Crippen LogP contribution is 2.29. The third-order valence-corrected chi connectivity index (χ3v) is 6.74. The van der Waals surface area contributed by atoms with Gasteiger partial charge in [0.15, 0.2) is 0 Å². The van der Waals surface area contributed by atoms with Gasteiger partial charge < -0.3 is 14.5 Å². The van der Waals surface area contributed by atoms with Crippen molar-refractivity contribution >= 4 is 16.9 Å². The van der Waals surface area contributed by atoms with Crippen molar-refractivity contribution in [2.75, 3.05) is 26.2 Å². The highest BCUT2D eigenvalue weighted by Gasteiger charge is 2.28. The van der Waals surface area contributed by atoms with Crippen molar-refractivity contribution in [1.29, 1.82) is 0 Å². The molecule has 178 valence electrons. The maximum Gasteiger partial charge on any atom is 0.316 e. The Bertz CT molecular complexity index is 1410. The van der Waals surface area contributed by atoms with E-state index < -0.39 is 11.1 Å². The van der Waals surface area contributed by atoms with Gasteiger partial charge in [0.1, 0.15) is 0 Å². The zero-order chi connectivity index (χ0) is 24.4. The van der Waals surface area contributed by atoms with E-state index >= 15 is 0 Å². The van der Waals surface area contributed by atoms with E-state index in [-0.39, 0.29) is 11.9 Å². The van der Waals surface area contributed by atoms with Crippen LogP contribution in [0.3, 0.4) is 0 Å². The Labute approximate surface area is 203 Å². The monoisotopic (exact) mass is 468 g/mol. The molecule has 3 aromatic carbocycles. The summed E-state index contributed by atoms with van der Waals surface area (Å²) in [6.45, 7) is 4.92. The summed E-state index contributed by atoms with van der Waals surface area (Å²) in [5.41, 5.74) is 2.83. The Morgan fingerprint density at radius 1 is 0.857 bits per heavy atom. The van der Waals surface area contributed by atoms with E-state index in [1.54, 1.807) is 18.2 Å². The lowest BCUT2D eigenvalue weighted by Crippen LogP contribution is -2.49. The molecule has 1 saturated heterocycles. The lowest BCUT2D eigenvalue weighted by molar-refractivity contribution is 0.0597. The number of carbonyl (C=O) groups is 1. The number of aryl methyl sites for hydroxylation is 1. The molecule has 0 bridgehead atoms. The van der Waals surface area contributed by atoms with Crippen molar-refractivity contribution < 1.29 is 4.79 Å². The number of hydrogen-bond acceptors (Lipinski definition) is 4. The number of aromatic amines is 1. The highest BCUT2D eigenvalue weighted by atomic mass is 16.2. The average molecular weight is 469 g/mol. The van der Waals surface area contributed by atoms with Gasteiger partial charge >= 0.3 is 11.1 Å². The predicted molar refractivity (Wildman–Crippen MR) is 137 cm³/mol. The van der Waals surface area contributed by atoms with Crippen LogP contribution in [0.25, 0.3) is 11.0 Å². The zero-order valence-corrected chi connectivity index (χ0v) is 19.7. The highest BCUT2D eigenvalue weighted by molar-refractivity contribution is 5.97. The van der Waals surface area contributed by atoms with E-state index in [2.05, 4.69) is 58.4 Å². The molecule has 1 amide bonds. The zero-order valence-electron chi connectivity index (χ0n) is 19.7. The molecule has 0 radical (unpaired) electrons.